The Morgan fingerprint density at radius 1 is 1.00 bits per heavy atom. The van der Waals surface area contributed by atoms with Gasteiger partial charge in [0.15, 0.2) is 6.71 Å². The predicted octanol–water partition coefficient (Wildman–Crippen LogP) is 4.36. The second kappa shape index (κ2) is 7.00. The van der Waals surface area contributed by atoms with Crippen molar-refractivity contribution in [1.29, 1.82) is 0 Å². The van der Waals surface area contributed by atoms with Gasteiger partial charge in [0.2, 0.25) is 0 Å². The van der Waals surface area contributed by atoms with Crippen LogP contribution in [0.1, 0.15) is 41.0 Å². The molecule has 0 rings (SSSR count). The number of allylic oxidation sites excluding steroid dienone is 4. The van der Waals surface area contributed by atoms with E-state index in [0.717, 1.165) is 13.1 Å². The molecule has 0 bridgehead atoms. The minimum absolute atomic E-state index is 0.760. The molecule has 0 N–H and O–H groups in total. The quantitative estimate of drug-likeness (QED) is 0.433. The van der Waals surface area contributed by atoms with Crippen LogP contribution in [0.3, 0.4) is 0 Å². The fraction of sp³-hybridized carbons (Fsp3) is 0.667. The van der Waals surface area contributed by atoms with E-state index in [1.54, 1.807) is 5.47 Å². The zero-order valence-corrected chi connectivity index (χ0v) is 9.85. The summed E-state index contributed by atoms with van der Waals surface area (Å²) in [7, 11) is 0. The van der Waals surface area contributed by atoms with E-state index >= 15 is 0 Å². The Bertz CT molecular complexity index is 185. The zero-order chi connectivity index (χ0) is 10.3. The summed E-state index contributed by atoms with van der Waals surface area (Å²) in [5, 5.41) is 0. The molecular formula is C12H23B. The van der Waals surface area contributed by atoms with E-state index in [0.29, 0.717) is 0 Å². The van der Waals surface area contributed by atoms with Crippen LogP contribution >= 0.6 is 0 Å². The van der Waals surface area contributed by atoms with Crippen molar-refractivity contribution in [2.45, 2.75) is 53.7 Å². The van der Waals surface area contributed by atoms with Gasteiger partial charge in [0.25, 0.3) is 0 Å². The molecule has 74 valence electrons. The van der Waals surface area contributed by atoms with Crippen LogP contribution < -0.4 is 0 Å². The molecule has 0 spiro atoms. The van der Waals surface area contributed by atoms with Crippen molar-refractivity contribution in [3.63, 3.8) is 0 Å². The molecule has 0 aromatic carbocycles. The minimum atomic E-state index is 0.760. The number of rotatable bonds is 5. The summed E-state index contributed by atoms with van der Waals surface area (Å²) in [5.74, 6) is 0. The van der Waals surface area contributed by atoms with Gasteiger partial charge in [-0.1, -0.05) is 56.6 Å². The molecule has 0 amide bonds. The molecule has 13 heavy (non-hydrogen) atoms. The fourth-order valence-corrected chi connectivity index (χ4v) is 1.99. The zero-order valence-electron chi connectivity index (χ0n) is 9.85. The predicted molar refractivity (Wildman–Crippen MR) is 64.5 cm³/mol. The van der Waals surface area contributed by atoms with E-state index in [1.165, 1.54) is 18.2 Å². The summed E-state index contributed by atoms with van der Waals surface area (Å²) >= 11 is 0. The molecule has 0 aliphatic rings. The van der Waals surface area contributed by atoms with Gasteiger partial charge in [-0.2, -0.15) is 0 Å². The van der Waals surface area contributed by atoms with Gasteiger partial charge in [0.1, 0.15) is 0 Å². The fourth-order valence-electron chi connectivity index (χ4n) is 1.99. The second-order valence-electron chi connectivity index (χ2n) is 3.42. The lowest BCUT2D eigenvalue weighted by Gasteiger charge is -2.16. The standard InChI is InChI=1S/C12H23B/c1-6-11(7-2)12(8-3)13(9-4)10-5/h6,8H,7,9-10H2,1-5H3. The van der Waals surface area contributed by atoms with E-state index in [1.807, 2.05) is 0 Å². The largest absolute Gasteiger partial charge is 0.175 e. The molecule has 0 saturated carbocycles. The van der Waals surface area contributed by atoms with Crippen molar-refractivity contribution in [1.82, 2.24) is 0 Å². The summed E-state index contributed by atoms with van der Waals surface area (Å²) in [5.41, 5.74) is 3.09. The Kier molecular flexibility index (Phi) is 6.75. The first-order valence-corrected chi connectivity index (χ1v) is 5.56. The van der Waals surface area contributed by atoms with Crippen molar-refractivity contribution in [2.75, 3.05) is 0 Å². The molecule has 0 aromatic rings. The summed E-state index contributed by atoms with van der Waals surface area (Å²) in [4.78, 5) is 0. The molecule has 0 nitrogen and oxygen atoms in total. The third-order valence-corrected chi connectivity index (χ3v) is 2.84. The Hall–Kier alpha value is -0.455. The van der Waals surface area contributed by atoms with E-state index in [4.69, 9.17) is 0 Å². The normalized spacial score (nSPS) is 13.3. The monoisotopic (exact) mass is 178 g/mol. The maximum absolute atomic E-state index is 2.29. The van der Waals surface area contributed by atoms with Crippen LogP contribution in [0.15, 0.2) is 23.2 Å². The van der Waals surface area contributed by atoms with E-state index in [2.05, 4.69) is 46.8 Å². The highest BCUT2D eigenvalue weighted by atomic mass is 14.0. The number of hydrogen-bond donors (Lipinski definition) is 0. The van der Waals surface area contributed by atoms with Crippen LogP contribution in [-0.4, -0.2) is 6.71 Å². The van der Waals surface area contributed by atoms with Gasteiger partial charge in [-0.3, -0.25) is 0 Å². The maximum Gasteiger partial charge on any atom is 0.175 e. The van der Waals surface area contributed by atoms with Crippen molar-refractivity contribution < 1.29 is 0 Å². The van der Waals surface area contributed by atoms with Gasteiger partial charge >= 0.3 is 0 Å². The topological polar surface area (TPSA) is 0 Å². The van der Waals surface area contributed by atoms with Crippen LogP contribution in [0.5, 0.6) is 0 Å². The van der Waals surface area contributed by atoms with Gasteiger partial charge in [-0.15, -0.1) is 0 Å². The first-order chi connectivity index (χ1) is 6.24. The molecule has 0 atom stereocenters. The first-order valence-electron chi connectivity index (χ1n) is 5.56. The highest BCUT2D eigenvalue weighted by molar-refractivity contribution is 6.67. The lowest BCUT2D eigenvalue weighted by molar-refractivity contribution is 1.12. The van der Waals surface area contributed by atoms with Gasteiger partial charge in [-0.05, 0) is 20.3 Å². The van der Waals surface area contributed by atoms with E-state index < -0.39 is 0 Å². The van der Waals surface area contributed by atoms with Crippen molar-refractivity contribution >= 4 is 6.71 Å². The summed E-state index contributed by atoms with van der Waals surface area (Å²) < 4.78 is 0. The summed E-state index contributed by atoms with van der Waals surface area (Å²) in [6.07, 6.45) is 8.22. The van der Waals surface area contributed by atoms with Crippen LogP contribution in [0.4, 0.5) is 0 Å². The van der Waals surface area contributed by atoms with Crippen LogP contribution in [0.25, 0.3) is 0 Å². The first kappa shape index (κ1) is 12.5. The molecule has 0 heterocycles. The molecule has 0 aliphatic carbocycles. The third kappa shape index (κ3) is 3.42. The molecule has 1 heteroatoms. The van der Waals surface area contributed by atoms with E-state index in [-0.39, 0.29) is 0 Å². The van der Waals surface area contributed by atoms with Crippen LogP contribution in [-0.2, 0) is 0 Å². The molecule has 0 radical (unpaired) electrons. The molecule has 0 fully saturated rings. The van der Waals surface area contributed by atoms with Crippen LogP contribution in [0.2, 0.25) is 12.6 Å². The Morgan fingerprint density at radius 3 is 1.77 bits per heavy atom. The average molecular weight is 178 g/mol. The molecule has 0 saturated heterocycles. The minimum Gasteiger partial charge on any atom is -0.0930 e. The van der Waals surface area contributed by atoms with Gasteiger partial charge in [-0.25, -0.2) is 0 Å². The van der Waals surface area contributed by atoms with Gasteiger partial charge in [0, 0.05) is 0 Å². The Balaban J connectivity index is 4.68. The smallest absolute Gasteiger partial charge is 0.0930 e. The second-order valence-corrected chi connectivity index (χ2v) is 3.42. The van der Waals surface area contributed by atoms with Crippen molar-refractivity contribution in [3.8, 4) is 0 Å². The van der Waals surface area contributed by atoms with Crippen molar-refractivity contribution in [3.05, 3.63) is 23.2 Å². The molecule has 0 unspecified atom stereocenters. The maximum atomic E-state index is 2.29. The van der Waals surface area contributed by atoms with Gasteiger partial charge in [0.05, 0.1) is 0 Å². The lowest BCUT2D eigenvalue weighted by atomic mass is 9.39. The van der Waals surface area contributed by atoms with E-state index in [9.17, 15) is 0 Å². The summed E-state index contributed by atoms with van der Waals surface area (Å²) in [6, 6.07) is 0. The SMILES string of the molecule is CC=C(CC)C(=CC)B(CC)CC. The van der Waals surface area contributed by atoms with Crippen LogP contribution in [0, 0.1) is 0 Å². The lowest BCUT2D eigenvalue weighted by Crippen LogP contribution is -2.15. The Labute approximate surface area is 84.2 Å². The third-order valence-electron chi connectivity index (χ3n) is 2.84. The highest BCUT2D eigenvalue weighted by Crippen LogP contribution is 2.21. The van der Waals surface area contributed by atoms with Crippen molar-refractivity contribution in [2.24, 2.45) is 0 Å². The highest BCUT2D eigenvalue weighted by Gasteiger charge is 2.15. The molecule has 0 aliphatic heterocycles. The average Bonchev–Trinajstić information content (AvgIpc) is 2.18. The van der Waals surface area contributed by atoms with Gasteiger partial charge < -0.3 is 0 Å². The molecular weight excluding hydrogens is 155 g/mol. The summed E-state index contributed by atoms with van der Waals surface area (Å²) in [6.45, 7) is 11.9. The molecule has 0 aromatic heterocycles. The number of hydrogen-bond acceptors (Lipinski definition) is 0. The Morgan fingerprint density at radius 2 is 1.54 bits per heavy atom.